The van der Waals surface area contributed by atoms with E-state index < -0.39 is 0 Å². The first-order chi connectivity index (χ1) is 10.2. The van der Waals surface area contributed by atoms with Gasteiger partial charge in [0.25, 0.3) is 0 Å². The van der Waals surface area contributed by atoms with Crippen molar-refractivity contribution in [3.05, 3.63) is 12.1 Å². The quantitative estimate of drug-likeness (QED) is 0.865. The molecule has 1 aromatic rings. The van der Waals surface area contributed by atoms with Gasteiger partial charge in [0, 0.05) is 31.6 Å². The number of piperidine rings is 1. The fraction of sp³-hybridized carbons (Fsp3) is 0.667. The molecular formula is C15H24N4O2. The van der Waals surface area contributed by atoms with Crippen LogP contribution in [0.2, 0.25) is 0 Å². The summed E-state index contributed by atoms with van der Waals surface area (Å²) >= 11 is 0. The molecule has 1 N–H and O–H groups in total. The Morgan fingerprint density at radius 1 is 1.43 bits per heavy atom. The molecule has 1 atom stereocenters. The van der Waals surface area contributed by atoms with Crippen molar-refractivity contribution < 1.29 is 9.53 Å². The van der Waals surface area contributed by atoms with Gasteiger partial charge < -0.3 is 15.0 Å². The fourth-order valence-corrected chi connectivity index (χ4v) is 2.54. The van der Waals surface area contributed by atoms with Crippen LogP contribution in [0.4, 0.5) is 5.82 Å². The van der Waals surface area contributed by atoms with Crippen LogP contribution in [0.5, 0.6) is 5.88 Å². The Morgan fingerprint density at radius 3 is 2.95 bits per heavy atom. The van der Waals surface area contributed by atoms with Crippen molar-refractivity contribution in [1.82, 2.24) is 15.5 Å². The third-order valence-electron chi connectivity index (χ3n) is 3.51. The minimum Gasteiger partial charge on any atom is -0.477 e. The van der Waals surface area contributed by atoms with Crippen LogP contribution in [0.1, 0.15) is 39.5 Å². The van der Waals surface area contributed by atoms with E-state index in [1.807, 2.05) is 26.0 Å². The second-order valence-electron chi connectivity index (χ2n) is 5.27. The summed E-state index contributed by atoms with van der Waals surface area (Å²) in [5.41, 5.74) is 0. The number of ether oxygens (including phenoxy) is 1. The van der Waals surface area contributed by atoms with Gasteiger partial charge in [0.1, 0.15) is 0 Å². The molecule has 0 radical (unpaired) electrons. The van der Waals surface area contributed by atoms with E-state index in [9.17, 15) is 4.79 Å². The van der Waals surface area contributed by atoms with Gasteiger partial charge in [0.15, 0.2) is 5.82 Å². The summed E-state index contributed by atoms with van der Waals surface area (Å²) in [5, 5.41) is 11.4. The first kappa shape index (κ1) is 15.5. The molecule has 1 aliphatic heterocycles. The molecule has 0 saturated carbocycles. The number of rotatable bonds is 6. The molecule has 1 unspecified atom stereocenters. The first-order valence-corrected chi connectivity index (χ1v) is 7.73. The molecular weight excluding hydrogens is 268 g/mol. The lowest BCUT2D eigenvalue weighted by molar-refractivity contribution is -0.121. The molecule has 1 fully saturated rings. The van der Waals surface area contributed by atoms with Crippen molar-refractivity contribution in [2.75, 3.05) is 24.6 Å². The van der Waals surface area contributed by atoms with Crippen molar-refractivity contribution in [1.29, 1.82) is 0 Å². The highest BCUT2D eigenvalue weighted by molar-refractivity contribution is 5.76. The molecule has 1 amide bonds. The van der Waals surface area contributed by atoms with Gasteiger partial charge in [0.05, 0.1) is 6.61 Å². The highest BCUT2D eigenvalue weighted by Gasteiger charge is 2.22. The van der Waals surface area contributed by atoms with Gasteiger partial charge in [-0.25, -0.2) is 0 Å². The number of nitrogens with zero attached hydrogens (tertiary/aromatic N) is 3. The fourth-order valence-electron chi connectivity index (χ4n) is 2.54. The number of aromatic nitrogens is 2. The summed E-state index contributed by atoms with van der Waals surface area (Å²) in [4.78, 5) is 13.9. The van der Waals surface area contributed by atoms with Crippen molar-refractivity contribution in [3.8, 4) is 5.88 Å². The van der Waals surface area contributed by atoms with Crippen LogP contribution in [0.3, 0.4) is 0 Å². The average Bonchev–Trinajstić information content (AvgIpc) is 2.49. The number of amides is 1. The van der Waals surface area contributed by atoms with Crippen molar-refractivity contribution in [3.63, 3.8) is 0 Å². The Morgan fingerprint density at radius 2 is 2.29 bits per heavy atom. The van der Waals surface area contributed by atoms with Gasteiger partial charge in [-0.15, -0.1) is 10.2 Å². The van der Waals surface area contributed by atoms with Crippen LogP contribution < -0.4 is 15.0 Å². The van der Waals surface area contributed by atoms with E-state index in [1.165, 1.54) is 0 Å². The number of nitrogens with one attached hydrogen (secondary N) is 1. The lowest BCUT2D eigenvalue weighted by Crippen LogP contribution is -2.48. The summed E-state index contributed by atoms with van der Waals surface area (Å²) < 4.78 is 5.30. The molecule has 2 rings (SSSR count). The zero-order valence-electron chi connectivity index (χ0n) is 12.8. The number of hydrogen-bond donors (Lipinski definition) is 1. The lowest BCUT2D eigenvalue weighted by Gasteiger charge is -2.33. The maximum Gasteiger partial charge on any atom is 0.233 e. The summed E-state index contributed by atoms with van der Waals surface area (Å²) in [6.45, 7) is 6.26. The largest absolute Gasteiger partial charge is 0.477 e. The smallest absolute Gasteiger partial charge is 0.233 e. The van der Waals surface area contributed by atoms with Crippen LogP contribution in [0.25, 0.3) is 0 Å². The van der Waals surface area contributed by atoms with Gasteiger partial charge in [-0.3, -0.25) is 4.79 Å². The minimum atomic E-state index is 0.141. The molecule has 0 aromatic carbocycles. The minimum absolute atomic E-state index is 0.141. The molecule has 1 aromatic heterocycles. The second kappa shape index (κ2) is 7.81. The van der Waals surface area contributed by atoms with E-state index in [2.05, 4.69) is 20.4 Å². The Bertz CT molecular complexity index is 449. The predicted molar refractivity (Wildman–Crippen MR) is 81.5 cm³/mol. The maximum absolute atomic E-state index is 11.7. The molecule has 6 nitrogen and oxygen atoms in total. The van der Waals surface area contributed by atoms with E-state index in [0.717, 1.165) is 38.2 Å². The van der Waals surface area contributed by atoms with Gasteiger partial charge in [-0.1, -0.05) is 6.92 Å². The Balaban J connectivity index is 1.92. The zero-order chi connectivity index (χ0) is 15.1. The first-order valence-electron chi connectivity index (χ1n) is 7.73. The molecule has 2 heterocycles. The topological polar surface area (TPSA) is 67.4 Å². The van der Waals surface area contributed by atoms with E-state index >= 15 is 0 Å². The van der Waals surface area contributed by atoms with E-state index in [-0.39, 0.29) is 11.9 Å². The van der Waals surface area contributed by atoms with E-state index in [4.69, 9.17) is 4.74 Å². The monoisotopic (exact) mass is 292 g/mol. The van der Waals surface area contributed by atoms with E-state index in [1.54, 1.807) is 0 Å². The Labute approximate surface area is 125 Å². The molecule has 6 heteroatoms. The highest BCUT2D eigenvalue weighted by atomic mass is 16.5. The van der Waals surface area contributed by atoms with Gasteiger partial charge in [0.2, 0.25) is 11.8 Å². The van der Waals surface area contributed by atoms with Crippen molar-refractivity contribution >= 4 is 11.7 Å². The summed E-state index contributed by atoms with van der Waals surface area (Å²) in [6.07, 6.45) is 3.55. The normalized spacial score (nSPS) is 18.4. The number of hydrogen-bond acceptors (Lipinski definition) is 5. The zero-order valence-corrected chi connectivity index (χ0v) is 12.8. The van der Waals surface area contributed by atoms with Crippen LogP contribution in [-0.4, -0.2) is 41.8 Å². The Kier molecular flexibility index (Phi) is 5.78. The number of carbonyl (C=O) groups excluding carboxylic acids is 1. The summed E-state index contributed by atoms with van der Waals surface area (Å²) in [7, 11) is 0. The number of carbonyl (C=O) groups is 1. The van der Waals surface area contributed by atoms with Crippen molar-refractivity contribution in [2.45, 2.75) is 45.6 Å². The van der Waals surface area contributed by atoms with Crippen LogP contribution >= 0.6 is 0 Å². The van der Waals surface area contributed by atoms with E-state index in [0.29, 0.717) is 18.9 Å². The van der Waals surface area contributed by atoms with Gasteiger partial charge >= 0.3 is 0 Å². The molecule has 1 saturated heterocycles. The third kappa shape index (κ3) is 4.58. The highest BCUT2D eigenvalue weighted by Crippen LogP contribution is 2.18. The molecule has 0 spiro atoms. The summed E-state index contributed by atoms with van der Waals surface area (Å²) in [6, 6.07) is 3.96. The van der Waals surface area contributed by atoms with Gasteiger partial charge in [-0.05, 0) is 32.3 Å². The number of anilines is 1. The second-order valence-corrected chi connectivity index (χ2v) is 5.27. The van der Waals surface area contributed by atoms with Gasteiger partial charge in [-0.2, -0.15) is 0 Å². The SMILES string of the molecule is CCCC(=O)NC1CCCN(c2ccc(OCC)nn2)C1. The Hall–Kier alpha value is -1.85. The van der Waals surface area contributed by atoms with Crippen LogP contribution in [0, 0.1) is 0 Å². The third-order valence-corrected chi connectivity index (χ3v) is 3.51. The average molecular weight is 292 g/mol. The molecule has 21 heavy (non-hydrogen) atoms. The predicted octanol–water partition coefficient (Wildman–Crippen LogP) is 1.76. The molecule has 1 aliphatic rings. The van der Waals surface area contributed by atoms with Crippen molar-refractivity contribution in [2.24, 2.45) is 0 Å². The maximum atomic E-state index is 11.7. The molecule has 116 valence electrons. The molecule has 0 bridgehead atoms. The lowest BCUT2D eigenvalue weighted by atomic mass is 10.1. The standard InChI is InChI=1S/C15H24N4O2/c1-3-6-14(20)16-12-7-5-10-19(11-12)13-8-9-15(18-17-13)21-4-2/h8-9,12H,3-7,10-11H2,1-2H3,(H,16,20). The van der Waals surface area contributed by atoms with Crippen LogP contribution in [0.15, 0.2) is 12.1 Å². The van der Waals surface area contributed by atoms with Crippen LogP contribution in [-0.2, 0) is 4.79 Å². The molecule has 0 aliphatic carbocycles. The summed E-state index contributed by atoms with van der Waals surface area (Å²) in [5.74, 6) is 1.53.